The molecule has 0 spiro atoms. The average Bonchev–Trinajstić information content (AvgIpc) is 3.46. The van der Waals surface area contributed by atoms with Crippen molar-refractivity contribution in [3.8, 4) is 16.9 Å². The Bertz CT molecular complexity index is 1400. The first-order valence-corrected chi connectivity index (χ1v) is 12.3. The molecule has 208 valence electrons. The molecule has 3 aromatic rings. The van der Waals surface area contributed by atoms with E-state index in [-0.39, 0.29) is 47.4 Å². The van der Waals surface area contributed by atoms with Gasteiger partial charge in [-0.15, -0.1) is 0 Å². The van der Waals surface area contributed by atoms with E-state index < -0.39 is 23.8 Å². The van der Waals surface area contributed by atoms with Gasteiger partial charge in [0.2, 0.25) is 0 Å². The molecule has 1 saturated heterocycles. The summed E-state index contributed by atoms with van der Waals surface area (Å²) in [5, 5.41) is 14.4. The van der Waals surface area contributed by atoms with Crippen molar-refractivity contribution in [2.45, 2.75) is 39.5 Å². The van der Waals surface area contributed by atoms with Crippen LogP contribution in [0.2, 0.25) is 0 Å². The smallest absolute Gasteiger partial charge is 0.435 e. The van der Waals surface area contributed by atoms with E-state index in [2.05, 4.69) is 10.4 Å². The fourth-order valence-corrected chi connectivity index (χ4v) is 4.45. The molecule has 1 aliphatic rings. The van der Waals surface area contributed by atoms with Crippen LogP contribution in [0.5, 0.6) is 5.75 Å². The van der Waals surface area contributed by atoms with Crippen LogP contribution in [0.4, 0.5) is 17.6 Å². The topological polar surface area (TPSA) is 92.5 Å². The summed E-state index contributed by atoms with van der Waals surface area (Å²) in [6.07, 6.45) is -3.52. The van der Waals surface area contributed by atoms with Crippen LogP contribution in [0.1, 0.15) is 52.6 Å². The standard InChI is InChI=1S/C27H29F4N5O3/c1-5-38-23-19(21-14-35(4)34-24(21)27(29,30)31)11-17(13-36-8-9-39-26(36)32)12-20(23)25(37)33-16(3)18-6-7-22(28)15(2)10-18/h6-7,10-12,14,16,32H,5,8-9,13H2,1-4H3,(H,33,37). The summed E-state index contributed by atoms with van der Waals surface area (Å²) >= 11 is 0. The third-order valence-electron chi connectivity index (χ3n) is 6.36. The van der Waals surface area contributed by atoms with E-state index in [0.717, 1.165) is 4.68 Å². The normalized spacial score (nSPS) is 14.4. The summed E-state index contributed by atoms with van der Waals surface area (Å²) in [5.74, 6) is -0.977. The van der Waals surface area contributed by atoms with Gasteiger partial charge in [-0.1, -0.05) is 12.1 Å². The third-order valence-corrected chi connectivity index (χ3v) is 6.36. The Hall–Kier alpha value is -4.09. The number of amidine groups is 1. The number of aromatic nitrogens is 2. The molecular formula is C27H29F4N5O3. The highest BCUT2D eigenvalue weighted by Gasteiger charge is 2.38. The molecule has 39 heavy (non-hydrogen) atoms. The highest BCUT2D eigenvalue weighted by molar-refractivity contribution is 6.00. The number of halogens is 4. The molecule has 0 bridgehead atoms. The lowest BCUT2D eigenvalue weighted by Crippen LogP contribution is -2.28. The molecule has 2 aromatic carbocycles. The van der Waals surface area contributed by atoms with Crippen molar-refractivity contribution in [1.82, 2.24) is 20.0 Å². The summed E-state index contributed by atoms with van der Waals surface area (Å²) in [6.45, 7) is 5.96. The van der Waals surface area contributed by atoms with Crippen molar-refractivity contribution in [2.24, 2.45) is 7.05 Å². The average molecular weight is 548 g/mol. The molecule has 12 heteroatoms. The predicted molar refractivity (Wildman–Crippen MR) is 136 cm³/mol. The number of aryl methyl sites for hydroxylation is 2. The maximum absolute atomic E-state index is 13.9. The molecule has 0 aliphatic carbocycles. The van der Waals surface area contributed by atoms with Gasteiger partial charge in [-0.3, -0.25) is 14.9 Å². The monoisotopic (exact) mass is 547 g/mol. The number of carbonyl (C=O) groups excluding carboxylic acids is 1. The van der Waals surface area contributed by atoms with Gasteiger partial charge in [0, 0.05) is 30.9 Å². The Morgan fingerprint density at radius 3 is 2.62 bits per heavy atom. The number of hydrogen-bond donors (Lipinski definition) is 2. The molecule has 1 atom stereocenters. The lowest BCUT2D eigenvalue weighted by molar-refractivity contribution is -0.140. The number of rotatable bonds is 8. The second-order valence-electron chi connectivity index (χ2n) is 9.29. The number of alkyl halides is 3. The molecule has 1 amide bonds. The van der Waals surface area contributed by atoms with Gasteiger partial charge in [-0.25, -0.2) is 4.39 Å². The number of nitrogens with zero attached hydrogens (tertiary/aromatic N) is 3. The molecule has 4 rings (SSSR count). The maximum atomic E-state index is 13.9. The van der Waals surface area contributed by atoms with Crippen molar-refractivity contribution >= 4 is 11.9 Å². The van der Waals surface area contributed by atoms with E-state index in [4.69, 9.17) is 14.9 Å². The Morgan fingerprint density at radius 2 is 2.00 bits per heavy atom. The maximum Gasteiger partial charge on any atom is 0.435 e. The summed E-state index contributed by atoms with van der Waals surface area (Å²) < 4.78 is 67.7. The van der Waals surface area contributed by atoms with E-state index in [1.807, 2.05) is 0 Å². The van der Waals surface area contributed by atoms with Crippen LogP contribution in [0.3, 0.4) is 0 Å². The minimum atomic E-state index is -4.75. The van der Waals surface area contributed by atoms with Crippen LogP contribution in [0.15, 0.2) is 36.5 Å². The van der Waals surface area contributed by atoms with Crippen molar-refractivity contribution in [3.05, 3.63) is 70.3 Å². The first-order valence-electron chi connectivity index (χ1n) is 12.3. The zero-order valence-electron chi connectivity index (χ0n) is 21.9. The minimum absolute atomic E-state index is 0.0208. The van der Waals surface area contributed by atoms with Crippen LogP contribution in [0, 0.1) is 18.2 Å². The lowest BCUT2D eigenvalue weighted by Gasteiger charge is -2.21. The van der Waals surface area contributed by atoms with Crippen LogP contribution in [0.25, 0.3) is 11.1 Å². The van der Waals surface area contributed by atoms with Crippen molar-refractivity contribution < 1.29 is 31.8 Å². The van der Waals surface area contributed by atoms with Crippen LogP contribution in [-0.4, -0.2) is 46.4 Å². The first kappa shape index (κ1) is 27.9. The Morgan fingerprint density at radius 1 is 1.26 bits per heavy atom. The molecule has 1 aromatic heterocycles. The number of carbonyl (C=O) groups is 1. The van der Waals surface area contributed by atoms with Gasteiger partial charge in [0.15, 0.2) is 5.69 Å². The zero-order chi connectivity index (χ0) is 28.5. The molecule has 2 heterocycles. The molecule has 8 nitrogen and oxygen atoms in total. The largest absolute Gasteiger partial charge is 0.492 e. The van der Waals surface area contributed by atoms with E-state index in [1.165, 1.54) is 25.4 Å². The highest BCUT2D eigenvalue weighted by atomic mass is 19.4. The Balaban J connectivity index is 1.83. The molecule has 0 radical (unpaired) electrons. The quantitative estimate of drug-likeness (QED) is 0.378. The Kier molecular flexibility index (Phi) is 7.84. The van der Waals surface area contributed by atoms with Gasteiger partial charge in [0.1, 0.15) is 18.2 Å². The summed E-state index contributed by atoms with van der Waals surface area (Å²) in [5.41, 5.74) is 0.290. The second-order valence-corrected chi connectivity index (χ2v) is 9.29. The van der Waals surface area contributed by atoms with Crippen LogP contribution < -0.4 is 10.1 Å². The Labute approximate surface area is 223 Å². The summed E-state index contributed by atoms with van der Waals surface area (Å²) in [6, 6.07) is 6.95. The number of amides is 1. The van der Waals surface area contributed by atoms with Crippen molar-refractivity contribution in [1.29, 1.82) is 5.41 Å². The second kappa shape index (κ2) is 11.0. The van der Waals surface area contributed by atoms with Gasteiger partial charge in [0.25, 0.3) is 11.9 Å². The fraction of sp³-hybridized carbons (Fsp3) is 0.370. The van der Waals surface area contributed by atoms with Gasteiger partial charge in [-0.2, -0.15) is 18.3 Å². The number of hydrogen-bond acceptors (Lipinski definition) is 5. The van der Waals surface area contributed by atoms with Gasteiger partial charge in [0.05, 0.1) is 24.8 Å². The van der Waals surface area contributed by atoms with E-state index in [1.54, 1.807) is 43.9 Å². The molecule has 1 unspecified atom stereocenters. The minimum Gasteiger partial charge on any atom is -0.492 e. The highest BCUT2D eigenvalue weighted by Crippen LogP contribution is 2.42. The molecule has 0 saturated carbocycles. The summed E-state index contributed by atoms with van der Waals surface area (Å²) in [7, 11) is 1.38. The number of nitrogens with one attached hydrogen (secondary N) is 2. The van der Waals surface area contributed by atoms with E-state index >= 15 is 0 Å². The van der Waals surface area contributed by atoms with Crippen LogP contribution in [-0.2, 0) is 24.5 Å². The molecule has 2 N–H and O–H groups in total. The molecular weight excluding hydrogens is 518 g/mol. The first-order chi connectivity index (χ1) is 18.4. The van der Waals surface area contributed by atoms with Crippen LogP contribution >= 0.6 is 0 Å². The van der Waals surface area contributed by atoms with Crippen molar-refractivity contribution in [3.63, 3.8) is 0 Å². The number of ether oxygens (including phenoxy) is 2. The predicted octanol–water partition coefficient (Wildman–Crippen LogP) is 5.21. The molecule has 1 fully saturated rings. The van der Waals surface area contributed by atoms with Crippen molar-refractivity contribution in [2.75, 3.05) is 19.8 Å². The summed E-state index contributed by atoms with van der Waals surface area (Å²) in [4.78, 5) is 15.2. The van der Waals surface area contributed by atoms with Gasteiger partial charge in [-0.05, 0) is 55.7 Å². The van der Waals surface area contributed by atoms with Gasteiger partial charge >= 0.3 is 6.18 Å². The fourth-order valence-electron chi connectivity index (χ4n) is 4.45. The van der Waals surface area contributed by atoms with E-state index in [0.29, 0.717) is 29.8 Å². The van der Waals surface area contributed by atoms with E-state index in [9.17, 15) is 22.4 Å². The molecule has 1 aliphatic heterocycles. The third kappa shape index (κ3) is 5.99. The number of benzene rings is 2. The van der Waals surface area contributed by atoms with Gasteiger partial charge < -0.3 is 19.7 Å². The zero-order valence-corrected chi connectivity index (χ0v) is 21.9. The SMILES string of the molecule is CCOc1c(C(=O)NC(C)c2ccc(F)c(C)c2)cc(CN2CCOC2=N)cc1-c1cn(C)nc1C(F)(F)F. The lowest BCUT2D eigenvalue weighted by atomic mass is 9.96.